The van der Waals surface area contributed by atoms with Crippen molar-refractivity contribution < 1.29 is 15.0 Å². The number of fused-ring (bicyclic) bond motifs is 2. The number of nitrogens with one attached hydrogen (secondary N) is 1. The monoisotopic (exact) mass is 159 g/mol. The van der Waals surface area contributed by atoms with Crippen molar-refractivity contribution in [1.29, 1.82) is 0 Å². The van der Waals surface area contributed by atoms with Gasteiger partial charge in [-0.25, -0.2) is 0 Å². The molecule has 3 N–H and O–H groups in total. The van der Waals surface area contributed by atoms with Crippen molar-refractivity contribution in [2.45, 2.75) is 25.0 Å². The summed E-state index contributed by atoms with van der Waals surface area (Å²) in [6.07, 6.45) is 2.22. The van der Waals surface area contributed by atoms with Crippen molar-refractivity contribution in [2.24, 2.45) is 5.92 Å². The highest BCUT2D eigenvalue weighted by molar-refractivity contribution is 5.32. The fraction of sp³-hybridized carbons (Fsp3) is 0.857. The Hall–Kier alpha value is -0.610. The van der Waals surface area contributed by atoms with E-state index >= 15 is 0 Å². The van der Waals surface area contributed by atoms with E-state index in [2.05, 4.69) is 5.32 Å². The molecule has 0 aromatic rings. The van der Waals surface area contributed by atoms with Gasteiger partial charge in [0.25, 0.3) is 6.47 Å². The molecule has 0 aromatic carbocycles. The number of piperidine rings is 1. The van der Waals surface area contributed by atoms with Gasteiger partial charge in [0.2, 0.25) is 0 Å². The first-order chi connectivity index (χ1) is 5.27. The topological polar surface area (TPSA) is 69.6 Å². The fourth-order valence-electron chi connectivity index (χ4n) is 1.82. The molecule has 3 atom stereocenters. The molecule has 4 heteroatoms. The molecular formula is C7H13NO3. The van der Waals surface area contributed by atoms with Gasteiger partial charge < -0.3 is 15.5 Å². The van der Waals surface area contributed by atoms with E-state index in [9.17, 15) is 0 Å². The van der Waals surface area contributed by atoms with Gasteiger partial charge in [-0.05, 0) is 25.3 Å². The van der Waals surface area contributed by atoms with Crippen LogP contribution in [0.3, 0.4) is 0 Å². The molecule has 0 aromatic heterocycles. The van der Waals surface area contributed by atoms with Gasteiger partial charge in [-0.3, -0.25) is 4.79 Å². The van der Waals surface area contributed by atoms with Crippen molar-refractivity contribution in [2.75, 3.05) is 6.54 Å². The number of carbonyl (C=O) groups is 1. The molecule has 2 bridgehead atoms. The maximum Gasteiger partial charge on any atom is 0.290 e. The van der Waals surface area contributed by atoms with Gasteiger partial charge in [-0.2, -0.15) is 0 Å². The smallest absolute Gasteiger partial charge is 0.290 e. The van der Waals surface area contributed by atoms with Crippen LogP contribution in [0.25, 0.3) is 0 Å². The number of aliphatic hydroxyl groups is 1. The molecule has 1 saturated heterocycles. The zero-order valence-electron chi connectivity index (χ0n) is 6.23. The lowest BCUT2D eigenvalue weighted by molar-refractivity contribution is -0.122. The van der Waals surface area contributed by atoms with Crippen LogP contribution < -0.4 is 5.32 Å². The third kappa shape index (κ3) is 1.91. The summed E-state index contributed by atoms with van der Waals surface area (Å²) >= 11 is 0. The second kappa shape index (κ2) is 3.69. The van der Waals surface area contributed by atoms with E-state index in [4.69, 9.17) is 15.0 Å². The second-order valence-corrected chi connectivity index (χ2v) is 3.02. The number of carboxylic acid groups (broad SMARTS) is 1. The van der Waals surface area contributed by atoms with Gasteiger partial charge in [-0.15, -0.1) is 0 Å². The summed E-state index contributed by atoms with van der Waals surface area (Å²) in [7, 11) is 0. The van der Waals surface area contributed by atoms with Gasteiger partial charge in [0.15, 0.2) is 0 Å². The highest BCUT2D eigenvalue weighted by Gasteiger charge is 2.37. The summed E-state index contributed by atoms with van der Waals surface area (Å²) in [4.78, 5) is 8.36. The lowest BCUT2D eigenvalue weighted by Crippen LogP contribution is -2.36. The van der Waals surface area contributed by atoms with Crippen LogP contribution in [-0.4, -0.2) is 35.4 Å². The molecule has 2 aliphatic rings. The first-order valence-electron chi connectivity index (χ1n) is 3.77. The van der Waals surface area contributed by atoms with Crippen molar-refractivity contribution >= 4 is 6.47 Å². The normalized spacial score (nSPS) is 39.5. The minimum atomic E-state index is -0.250. The second-order valence-electron chi connectivity index (χ2n) is 3.02. The van der Waals surface area contributed by atoms with Crippen LogP contribution in [0.5, 0.6) is 0 Å². The van der Waals surface area contributed by atoms with Crippen LogP contribution in [-0.2, 0) is 4.79 Å². The number of rotatable bonds is 0. The molecular weight excluding hydrogens is 146 g/mol. The summed E-state index contributed by atoms with van der Waals surface area (Å²) in [6.45, 7) is 0.891. The van der Waals surface area contributed by atoms with Crippen LogP contribution in [0.4, 0.5) is 0 Å². The van der Waals surface area contributed by atoms with Gasteiger partial charge >= 0.3 is 0 Å². The Labute approximate surface area is 65.2 Å². The Kier molecular flexibility index (Phi) is 2.84. The third-order valence-electron chi connectivity index (χ3n) is 2.30. The minimum absolute atomic E-state index is 0.0336. The lowest BCUT2D eigenvalue weighted by Gasteiger charge is -2.16. The molecule has 1 aliphatic heterocycles. The van der Waals surface area contributed by atoms with Crippen molar-refractivity contribution in [3.8, 4) is 0 Å². The van der Waals surface area contributed by atoms with Crippen molar-refractivity contribution in [1.82, 2.24) is 5.32 Å². The lowest BCUT2D eigenvalue weighted by atomic mass is 10.1. The number of aliphatic hydroxyl groups excluding tert-OH is 1. The van der Waals surface area contributed by atoms with Gasteiger partial charge in [0, 0.05) is 6.04 Å². The van der Waals surface area contributed by atoms with Crippen LogP contribution in [0.15, 0.2) is 0 Å². The third-order valence-corrected chi connectivity index (χ3v) is 2.30. The summed E-state index contributed by atoms with van der Waals surface area (Å²) in [6, 6.07) is 0.444. The highest BCUT2D eigenvalue weighted by atomic mass is 16.3. The van der Waals surface area contributed by atoms with E-state index in [0.717, 1.165) is 18.9 Å². The van der Waals surface area contributed by atoms with Crippen molar-refractivity contribution in [3.05, 3.63) is 0 Å². The quantitative estimate of drug-likeness (QED) is 0.414. The maximum absolute atomic E-state index is 9.16. The Bertz CT molecular complexity index is 138. The molecule has 1 saturated carbocycles. The van der Waals surface area contributed by atoms with Crippen molar-refractivity contribution in [3.63, 3.8) is 0 Å². The van der Waals surface area contributed by atoms with Gasteiger partial charge in [0.1, 0.15) is 0 Å². The summed E-state index contributed by atoms with van der Waals surface area (Å²) in [5, 5.41) is 19.3. The molecule has 4 nitrogen and oxygen atoms in total. The Morgan fingerprint density at radius 3 is 2.27 bits per heavy atom. The molecule has 0 radical (unpaired) electrons. The summed E-state index contributed by atoms with van der Waals surface area (Å²) < 4.78 is 0. The van der Waals surface area contributed by atoms with E-state index < -0.39 is 0 Å². The SMILES string of the molecule is O=CO.OC1CC2CNC1C2. The average Bonchev–Trinajstić information content (AvgIpc) is 2.48. The first kappa shape index (κ1) is 8.49. The zero-order chi connectivity index (χ0) is 8.27. The predicted octanol–water partition coefficient (Wildman–Crippen LogP) is -0.570. The molecule has 0 amide bonds. The Balaban J connectivity index is 0.000000179. The standard InChI is InChI=1S/C6H11NO.CH2O2/c8-6-2-4-1-5(6)7-3-4;2-1-3/h4-8H,1-3H2;1H,(H,2,3). The Morgan fingerprint density at radius 1 is 1.45 bits per heavy atom. The first-order valence-corrected chi connectivity index (χ1v) is 3.77. The summed E-state index contributed by atoms with van der Waals surface area (Å²) in [5.74, 6) is 0.787. The largest absolute Gasteiger partial charge is 0.483 e. The molecule has 0 spiro atoms. The Morgan fingerprint density at radius 2 is 2.09 bits per heavy atom. The number of hydrogen-bond donors (Lipinski definition) is 3. The predicted molar refractivity (Wildman–Crippen MR) is 39.2 cm³/mol. The molecule has 3 unspecified atom stereocenters. The van der Waals surface area contributed by atoms with Crippen LogP contribution >= 0.6 is 0 Å². The molecule has 2 rings (SSSR count). The highest BCUT2D eigenvalue weighted by Crippen LogP contribution is 2.30. The van der Waals surface area contributed by atoms with E-state index in [1.54, 1.807) is 0 Å². The fourth-order valence-corrected chi connectivity index (χ4v) is 1.82. The van der Waals surface area contributed by atoms with Gasteiger partial charge in [0.05, 0.1) is 6.10 Å². The molecule has 11 heavy (non-hydrogen) atoms. The van der Waals surface area contributed by atoms with Crippen LogP contribution in [0.1, 0.15) is 12.8 Å². The van der Waals surface area contributed by atoms with E-state index in [1.165, 1.54) is 6.42 Å². The maximum atomic E-state index is 9.16. The average molecular weight is 159 g/mol. The van der Waals surface area contributed by atoms with Gasteiger partial charge in [-0.1, -0.05) is 0 Å². The number of hydrogen-bond acceptors (Lipinski definition) is 3. The van der Waals surface area contributed by atoms with E-state index in [-0.39, 0.29) is 12.6 Å². The molecule has 64 valence electrons. The van der Waals surface area contributed by atoms with E-state index in [0.29, 0.717) is 6.04 Å². The van der Waals surface area contributed by atoms with Crippen LogP contribution in [0.2, 0.25) is 0 Å². The minimum Gasteiger partial charge on any atom is -0.483 e. The molecule has 1 aliphatic carbocycles. The summed E-state index contributed by atoms with van der Waals surface area (Å²) in [5.41, 5.74) is 0. The zero-order valence-corrected chi connectivity index (χ0v) is 6.23. The molecule has 1 heterocycles. The molecule has 2 fully saturated rings. The van der Waals surface area contributed by atoms with E-state index in [1.807, 2.05) is 0 Å². The van der Waals surface area contributed by atoms with Crippen LogP contribution in [0, 0.1) is 5.92 Å².